The van der Waals surface area contributed by atoms with Gasteiger partial charge in [-0.1, -0.05) is 0 Å². The third-order valence-electron chi connectivity index (χ3n) is 0. The third kappa shape index (κ3) is 294. The van der Waals surface area contributed by atoms with Crippen LogP contribution in [0.2, 0.25) is 0 Å². The second-order valence-corrected chi connectivity index (χ2v) is 2.57. The van der Waals surface area contributed by atoms with Crippen molar-refractivity contribution in [1.29, 1.82) is 0 Å². The van der Waals surface area contributed by atoms with Gasteiger partial charge in [0.25, 0.3) is 0 Å². The Morgan fingerprint density at radius 2 is 0.688 bits per heavy atom. The van der Waals surface area contributed by atoms with Crippen LogP contribution in [0.5, 0.6) is 0 Å². The van der Waals surface area contributed by atoms with Crippen LogP contribution in [0.15, 0.2) is 0 Å². The first-order valence-electron chi connectivity index (χ1n) is 1.37. The summed E-state index contributed by atoms with van der Waals surface area (Å²) in [7, 11) is -9.83. The summed E-state index contributed by atoms with van der Waals surface area (Å²) in [5.74, 6) is 0. The van der Waals surface area contributed by atoms with Crippen LogP contribution in [0.1, 0.15) is 0 Å². The first-order valence-corrected chi connectivity index (χ1v) is 4.10. The molecule has 0 atom stereocenters. The molecule has 16 heavy (non-hydrogen) atoms. The third-order valence-corrected chi connectivity index (χ3v) is 0. The molecule has 0 aromatic heterocycles. The molecule has 0 amide bonds. The molecule has 0 unspecified atom stereocenters. The van der Waals surface area contributed by atoms with Crippen molar-refractivity contribution >= 4 is 20.8 Å². The fraction of sp³-hybridized carbons (Fsp3) is 0. The van der Waals surface area contributed by atoms with Crippen LogP contribution in [0.3, 0.4) is 0 Å². The predicted molar refractivity (Wildman–Crippen MR) is 24.7 cm³/mol. The van der Waals surface area contributed by atoms with E-state index in [-0.39, 0.29) is 143 Å². The van der Waals surface area contributed by atoms with Crippen molar-refractivity contribution in [3.63, 3.8) is 0 Å². The topological polar surface area (TPSA) is 155 Å². The van der Waals surface area contributed by atoms with Crippen LogP contribution >= 0.6 is 0 Å². The van der Waals surface area contributed by atoms with Crippen molar-refractivity contribution in [3.05, 3.63) is 0 Å². The Kier molecular flexibility index (Phi) is 76.0. The predicted octanol–water partition coefficient (Wildman–Crippen LogP) is -20.0. The maximum absolute atomic E-state index is 8.74. The molecule has 2 N–H and O–H groups in total. The van der Waals surface area contributed by atoms with Gasteiger partial charge in [0.1, 0.15) is 0 Å². The van der Waals surface area contributed by atoms with Gasteiger partial charge in [0, 0.05) is 10.4 Å². The molecule has 0 saturated heterocycles. The van der Waals surface area contributed by atoms with Crippen molar-refractivity contribution in [2.24, 2.45) is 0 Å². The fourth-order valence-electron chi connectivity index (χ4n) is 0. The van der Waals surface area contributed by atoms with E-state index >= 15 is 0 Å². The van der Waals surface area contributed by atoms with Gasteiger partial charge in [0.15, 0.2) is 0 Å². The zero-order chi connectivity index (χ0) is 9.00. The van der Waals surface area contributed by atoms with E-state index in [0.717, 1.165) is 0 Å². The Balaban J connectivity index is -0.00000000970. The average molecular weight is 357 g/mol. The van der Waals surface area contributed by atoms with E-state index in [1.165, 1.54) is 0 Å². The van der Waals surface area contributed by atoms with Gasteiger partial charge in [-0.05, 0) is 0 Å². The van der Waals surface area contributed by atoms with Crippen LogP contribution in [-0.4, -0.2) is 35.0 Å². The van der Waals surface area contributed by atoms with Gasteiger partial charge in [-0.2, -0.15) is 8.42 Å². The van der Waals surface area contributed by atoms with Gasteiger partial charge >= 0.3 is 129 Å². The molecule has 0 saturated carbocycles. The van der Waals surface area contributed by atoms with Crippen LogP contribution in [-0.2, 0) is 20.8 Å². The number of hydrogen-bond donors (Lipinski definition) is 2. The van der Waals surface area contributed by atoms with E-state index in [2.05, 4.69) is 0 Å². The Morgan fingerprint density at radius 3 is 0.688 bits per heavy atom. The summed E-state index contributed by atoms with van der Waals surface area (Å²) in [6, 6.07) is 0. The van der Waals surface area contributed by atoms with E-state index < -0.39 is 20.8 Å². The molecule has 80 valence electrons. The van der Waals surface area contributed by atoms with E-state index in [4.69, 9.17) is 35.0 Å². The maximum atomic E-state index is 8.74. The molecule has 0 heterocycles. The largest absolute Gasteiger partial charge is 1.00 e. The zero-order valence-corrected chi connectivity index (χ0v) is 20.1. The molecule has 0 aliphatic heterocycles. The Hall–Kier alpha value is 4.32. The monoisotopic (exact) mass is 356 g/mol. The van der Waals surface area contributed by atoms with E-state index in [1.807, 2.05) is 0 Å². The van der Waals surface area contributed by atoms with Gasteiger partial charge in [-0.25, -0.2) is 0 Å². The van der Waals surface area contributed by atoms with Gasteiger partial charge in [0.05, 0.1) is 0 Å². The summed E-state index contributed by atoms with van der Waals surface area (Å²) in [5.41, 5.74) is 0. The van der Waals surface area contributed by atoms with Crippen LogP contribution in [0, 0.1) is 0 Å². The molecule has 16 heteroatoms. The second-order valence-electron chi connectivity index (χ2n) is 0.856. The number of hydrogen-bond acceptors (Lipinski definition) is 6. The Morgan fingerprint density at radius 1 is 0.688 bits per heavy atom. The van der Waals surface area contributed by atoms with Crippen LogP contribution < -0.4 is 143 Å². The first-order chi connectivity index (χ1) is 4.00. The molecule has 0 aromatic carbocycles. The second kappa shape index (κ2) is 24.3. The number of halogens is 2. The van der Waals surface area contributed by atoms with E-state index in [9.17, 15) is 0 Å². The quantitative estimate of drug-likeness (QED) is 0.246. The van der Waals surface area contributed by atoms with Crippen molar-refractivity contribution in [2.45, 2.75) is 0 Å². The molecule has 0 rings (SSSR count). The first kappa shape index (κ1) is 50.0. The molecular weight excluding hydrogens is 355 g/mol. The van der Waals surface area contributed by atoms with E-state index in [1.54, 1.807) is 0 Å². The summed E-state index contributed by atoms with van der Waals surface area (Å²) >= 11 is 0. The summed E-state index contributed by atoms with van der Waals surface area (Å²) < 4.78 is 65.7. The van der Waals surface area contributed by atoms with Gasteiger partial charge in [0.2, 0.25) is 0 Å². The minimum atomic E-state index is -5.17. The molecule has 0 bridgehead atoms. The minimum absolute atomic E-state index is 0. The standard InChI is InChI=1S/2ClH.4Na.2H2O4S/c;;;;;;2*1-5(2,3)4/h2*1H;;;;;2*(H2,1,2,3,4)/q;;4*+1;;/p-4. The Bertz CT molecular complexity index is 224. The smallest absolute Gasteiger partial charge is 1.00 e. The molecule has 0 aliphatic carbocycles. The van der Waals surface area contributed by atoms with Gasteiger partial charge in [-0.15, -0.1) is 0 Å². The van der Waals surface area contributed by atoms with E-state index in [0.29, 0.717) is 0 Å². The Labute approximate surface area is 195 Å². The molecule has 0 radical (unpaired) electrons. The van der Waals surface area contributed by atoms with Crippen LogP contribution in [0.4, 0.5) is 0 Å². The maximum Gasteiger partial charge on any atom is 1.00 e. The molecule has 0 fully saturated rings. The van der Waals surface area contributed by atoms with Gasteiger partial charge in [-0.3, -0.25) is 17.5 Å². The van der Waals surface area contributed by atoms with Gasteiger partial charge < -0.3 is 33.9 Å². The summed E-state index contributed by atoms with van der Waals surface area (Å²) in [5, 5.41) is 0. The number of rotatable bonds is 0. The van der Waals surface area contributed by atoms with Crippen molar-refractivity contribution < 1.29 is 178 Å². The SMILES string of the molecule is O=S(=O)(O)O.O=S(=O)([O-])[O-].[Cl-].[Cl-].[Na+].[Na+].[Na+].[Na+]. The summed E-state index contributed by atoms with van der Waals surface area (Å²) in [6.07, 6.45) is 0. The molecule has 0 aromatic rings. The van der Waals surface area contributed by atoms with Crippen molar-refractivity contribution in [3.8, 4) is 0 Å². The van der Waals surface area contributed by atoms with Crippen molar-refractivity contribution in [1.82, 2.24) is 0 Å². The average Bonchev–Trinajstić information content (AvgIpc) is 1.12. The molecule has 0 spiro atoms. The minimum Gasteiger partial charge on any atom is -1.00 e. The molecule has 8 nitrogen and oxygen atoms in total. The zero-order valence-electron chi connectivity index (χ0n) is 8.92. The molecule has 0 aliphatic rings. The van der Waals surface area contributed by atoms with Crippen LogP contribution in [0.25, 0.3) is 0 Å². The summed E-state index contributed by atoms with van der Waals surface area (Å²) in [4.78, 5) is 0. The fourth-order valence-corrected chi connectivity index (χ4v) is 0. The normalized spacial score (nSPS) is 7.25. The van der Waals surface area contributed by atoms with Crippen molar-refractivity contribution in [2.75, 3.05) is 0 Å². The molecular formula is H2Cl2Na4O8S2. The summed E-state index contributed by atoms with van der Waals surface area (Å²) in [6.45, 7) is 0.